The summed E-state index contributed by atoms with van der Waals surface area (Å²) in [5, 5.41) is 8.53. The number of pyridine rings is 1. The van der Waals surface area contributed by atoms with E-state index in [4.69, 9.17) is 15.7 Å². The van der Waals surface area contributed by atoms with Gasteiger partial charge in [0.25, 0.3) is 0 Å². The van der Waals surface area contributed by atoms with Gasteiger partial charge in [-0.2, -0.15) is 5.26 Å². The van der Waals surface area contributed by atoms with Crippen LogP contribution in [0.15, 0.2) is 12.1 Å². The van der Waals surface area contributed by atoms with Crippen LogP contribution in [0.5, 0.6) is 5.75 Å². The summed E-state index contributed by atoms with van der Waals surface area (Å²) in [6.45, 7) is 0. The highest BCUT2D eigenvalue weighted by Crippen LogP contribution is 2.15. The van der Waals surface area contributed by atoms with Crippen LogP contribution in [0.3, 0.4) is 0 Å². The van der Waals surface area contributed by atoms with Crippen LogP contribution in [0.4, 0.5) is 5.82 Å². The number of anilines is 1. The largest absolute Gasteiger partial charge is 0.494 e. The summed E-state index contributed by atoms with van der Waals surface area (Å²) in [7, 11) is 1.48. The van der Waals surface area contributed by atoms with Gasteiger partial charge in [0.1, 0.15) is 11.9 Å². The molecule has 0 unspecified atom stereocenters. The number of rotatable bonds is 1. The number of hydrogen-bond acceptors (Lipinski definition) is 4. The standard InChI is InChI=1S/C7H7N3O/c1-11-6-2-3-7(9)10-5(6)4-8/h2-3H,1H3,(H2,9,10). The SMILES string of the molecule is COc1ccc(N)nc1C#N. The molecule has 0 atom stereocenters. The van der Waals surface area contributed by atoms with Gasteiger partial charge in [-0.1, -0.05) is 0 Å². The average molecular weight is 149 g/mol. The van der Waals surface area contributed by atoms with E-state index < -0.39 is 0 Å². The van der Waals surface area contributed by atoms with Crippen molar-refractivity contribution in [2.24, 2.45) is 0 Å². The molecule has 0 saturated heterocycles. The predicted octanol–water partition coefficient (Wildman–Crippen LogP) is 0.544. The fraction of sp³-hybridized carbons (Fsp3) is 0.143. The number of nitrogens with two attached hydrogens (primary N) is 1. The lowest BCUT2D eigenvalue weighted by Gasteiger charge is -2.00. The predicted molar refractivity (Wildman–Crippen MR) is 39.9 cm³/mol. The van der Waals surface area contributed by atoms with Crippen molar-refractivity contribution in [2.75, 3.05) is 12.8 Å². The van der Waals surface area contributed by atoms with Gasteiger partial charge >= 0.3 is 0 Å². The van der Waals surface area contributed by atoms with Gasteiger partial charge < -0.3 is 10.5 Å². The number of nitrogens with zero attached hydrogens (tertiary/aromatic N) is 2. The second-order valence-electron chi connectivity index (χ2n) is 1.90. The summed E-state index contributed by atoms with van der Waals surface area (Å²) in [5.41, 5.74) is 5.56. The van der Waals surface area contributed by atoms with E-state index in [9.17, 15) is 0 Å². The summed E-state index contributed by atoms with van der Waals surface area (Å²) in [5.74, 6) is 0.768. The van der Waals surface area contributed by atoms with E-state index in [-0.39, 0.29) is 5.69 Å². The minimum atomic E-state index is 0.215. The van der Waals surface area contributed by atoms with Crippen molar-refractivity contribution in [1.29, 1.82) is 5.26 Å². The zero-order valence-corrected chi connectivity index (χ0v) is 6.03. The Labute approximate surface area is 64.2 Å². The van der Waals surface area contributed by atoms with Crippen LogP contribution in [0, 0.1) is 11.3 Å². The van der Waals surface area contributed by atoms with Crippen molar-refractivity contribution in [3.05, 3.63) is 17.8 Å². The lowest BCUT2D eigenvalue weighted by atomic mass is 10.3. The summed E-state index contributed by atoms with van der Waals surface area (Å²) in [4.78, 5) is 3.75. The second kappa shape index (κ2) is 2.88. The van der Waals surface area contributed by atoms with Gasteiger partial charge in [0.15, 0.2) is 11.4 Å². The van der Waals surface area contributed by atoms with E-state index >= 15 is 0 Å². The molecule has 0 bridgehead atoms. The van der Waals surface area contributed by atoms with Crippen molar-refractivity contribution < 1.29 is 4.74 Å². The number of ether oxygens (including phenoxy) is 1. The lowest BCUT2D eigenvalue weighted by molar-refractivity contribution is 0.411. The fourth-order valence-electron chi connectivity index (χ4n) is 0.706. The molecule has 0 amide bonds. The molecule has 0 aliphatic rings. The van der Waals surface area contributed by atoms with Crippen LogP contribution < -0.4 is 10.5 Å². The Morgan fingerprint density at radius 2 is 2.36 bits per heavy atom. The van der Waals surface area contributed by atoms with Crippen LogP contribution in [0.2, 0.25) is 0 Å². The van der Waals surface area contributed by atoms with Gasteiger partial charge in [-0.15, -0.1) is 0 Å². The van der Waals surface area contributed by atoms with Crippen LogP contribution in [-0.2, 0) is 0 Å². The summed E-state index contributed by atoms with van der Waals surface area (Å²) < 4.78 is 4.85. The second-order valence-corrected chi connectivity index (χ2v) is 1.90. The molecule has 1 heterocycles. The molecule has 0 saturated carbocycles. The number of nitriles is 1. The first-order chi connectivity index (χ1) is 5.27. The zero-order valence-electron chi connectivity index (χ0n) is 6.03. The molecular weight excluding hydrogens is 142 g/mol. The Balaban J connectivity index is 3.19. The van der Waals surface area contributed by atoms with Crippen molar-refractivity contribution in [2.45, 2.75) is 0 Å². The number of hydrogen-bond donors (Lipinski definition) is 1. The number of methoxy groups -OCH3 is 1. The molecule has 0 fully saturated rings. The van der Waals surface area contributed by atoms with Crippen molar-refractivity contribution in [1.82, 2.24) is 4.98 Å². The summed E-state index contributed by atoms with van der Waals surface area (Å²) >= 11 is 0. The minimum absolute atomic E-state index is 0.215. The third-order valence-electron chi connectivity index (χ3n) is 1.21. The first-order valence-electron chi connectivity index (χ1n) is 2.98. The highest BCUT2D eigenvalue weighted by Gasteiger charge is 2.02. The first-order valence-corrected chi connectivity index (χ1v) is 2.98. The van der Waals surface area contributed by atoms with E-state index in [0.29, 0.717) is 11.6 Å². The average Bonchev–Trinajstić information content (AvgIpc) is 2.04. The van der Waals surface area contributed by atoms with Gasteiger partial charge in [0.05, 0.1) is 7.11 Å². The van der Waals surface area contributed by atoms with Crippen LogP contribution >= 0.6 is 0 Å². The Morgan fingerprint density at radius 1 is 1.64 bits per heavy atom. The van der Waals surface area contributed by atoms with Gasteiger partial charge in [0.2, 0.25) is 0 Å². The molecule has 0 radical (unpaired) electrons. The zero-order chi connectivity index (χ0) is 8.27. The molecule has 1 rings (SSSR count). The number of nitrogen functional groups attached to an aromatic ring is 1. The monoisotopic (exact) mass is 149 g/mol. The van der Waals surface area contributed by atoms with Crippen LogP contribution in [0.1, 0.15) is 5.69 Å². The van der Waals surface area contributed by atoms with E-state index in [0.717, 1.165) is 0 Å². The molecule has 0 spiro atoms. The molecule has 0 aliphatic carbocycles. The summed E-state index contributed by atoms with van der Waals surface area (Å²) in [6, 6.07) is 5.07. The minimum Gasteiger partial charge on any atom is -0.494 e. The maximum absolute atomic E-state index is 8.53. The highest BCUT2D eigenvalue weighted by molar-refractivity contribution is 5.43. The Morgan fingerprint density at radius 3 is 2.91 bits per heavy atom. The molecule has 11 heavy (non-hydrogen) atoms. The van der Waals surface area contributed by atoms with Crippen molar-refractivity contribution in [3.63, 3.8) is 0 Å². The lowest BCUT2D eigenvalue weighted by Crippen LogP contribution is -1.95. The van der Waals surface area contributed by atoms with Crippen LogP contribution in [-0.4, -0.2) is 12.1 Å². The van der Waals surface area contributed by atoms with E-state index in [2.05, 4.69) is 4.98 Å². The van der Waals surface area contributed by atoms with Crippen molar-refractivity contribution >= 4 is 5.82 Å². The van der Waals surface area contributed by atoms with Gasteiger partial charge in [-0.3, -0.25) is 0 Å². The van der Waals surface area contributed by atoms with E-state index in [1.54, 1.807) is 12.1 Å². The number of aromatic nitrogens is 1. The Hall–Kier alpha value is -1.76. The molecule has 0 aromatic carbocycles. The maximum atomic E-state index is 8.53. The molecule has 2 N–H and O–H groups in total. The third kappa shape index (κ3) is 1.38. The third-order valence-corrected chi connectivity index (χ3v) is 1.21. The smallest absolute Gasteiger partial charge is 0.184 e. The molecule has 1 aromatic heterocycles. The molecule has 56 valence electrons. The maximum Gasteiger partial charge on any atom is 0.184 e. The molecule has 1 aromatic rings. The summed E-state index contributed by atoms with van der Waals surface area (Å²) in [6.07, 6.45) is 0. The normalized spacial score (nSPS) is 8.73. The molecule has 0 aliphatic heterocycles. The van der Waals surface area contributed by atoms with Gasteiger partial charge in [-0.05, 0) is 12.1 Å². The molecule has 4 nitrogen and oxygen atoms in total. The highest BCUT2D eigenvalue weighted by atomic mass is 16.5. The first kappa shape index (κ1) is 7.35. The van der Waals surface area contributed by atoms with Crippen LogP contribution in [0.25, 0.3) is 0 Å². The van der Waals surface area contributed by atoms with E-state index in [1.807, 2.05) is 6.07 Å². The Kier molecular flexibility index (Phi) is 1.93. The Bertz CT molecular complexity index is 303. The van der Waals surface area contributed by atoms with E-state index in [1.165, 1.54) is 7.11 Å². The van der Waals surface area contributed by atoms with Gasteiger partial charge in [-0.25, -0.2) is 4.98 Å². The fourth-order valence-corrected chi connectivity index (χ4v) is 0.706. The molecule has 4 heteroatoms. The quantitative estimate of drug-likeness (QED) is 0.632. The topological polar surface area (TPSA) is 71.9 Å². The molecular formula is C7H7N3O. The van der Waals surface area contributed by atoms with Gasteiger partial charge in [0, 0.05) is 0 Å². The van der Waals surface area contributed by atoms with Crippen molar-refractivity contribution in [3.8, 4) is 11.8 Å².